The monoisotopic (exact) mass is 452 g/mol. The van der Waals surface area contributed by atoms with Crippen molar-refractivity contribution in [1.82, 2.24) is 15.2 Å². The molecule has 3 aromatic rings. The van der Waals surface area contributed by atoms with Crippen LogP contribution in [0.25, 0.3) is 11.3 Å². The fraction of sp³-hybridized carbons (Fsp3) is 0.304. The van der Waals surface area contributed by atoms with Crippen LogP contribution >= 0.6 is 12.2 Å². The predicted octanol–water partition coefficient (Wildman–Crippen LogP) is 4.89. The van der Waals surface area contributed by atoms with Crippen molar-refractivity contribution in [3.05, 3.63) is 76.3 Å². The zero-order valence-corrected chi connectivity index (χ0v) is 18.8. The molecule has 1 N–H and O–H groups in total. The second kappa shape index (κ2) is 8.96. The first-order valence-electron chi connectivity index (χ1n) is 10.3. The lowest BCUT2D eigenvalue weighted by atomic mass is 10.0. The summed E-state index contributed by atoms with van der Waals surface area (Å²) in [7, 11) is 1.48. The molecule has 9 heteroatoms. The van der Waals surface area contributed by atoms with E-state index in [2.05, 4.69) is 29.0 Å². The van der Waals surface area contributed by atoms with Gasteiger partial charge in [-0.1, -0.05) is 19.9 Å². The maximum atomic E-state index is 11.1. The molecule has 8 nitrogen and oxygen atoms in total. The number of hydrogen-bond donors (Lipinski definition) is 1. The Labute approximate surface area is 191 Å². The van der Waals surface area contributed by atoms with Crippen molar-refractivity contribution in [1.29, 1.82) is 0 Å². The zero-order valence-electron chi connectivity index (χ0n) is 18.0. The molecule has 0 radical (unpaired) electrons. The highest BCUT2D eigenvalue weighted by Crippen LogP contribution is 2.42. The summed E-state index contributed by atoms with van der Waals surface area (Å²) in [6.45, 7) is 5.04. The van der Waals surface area contributed by atoms with Crippen molar-refractivity contribution in [3.63, 3.8) is 0 Å². The number of nitrogens with zero attached hydrogens (tertiary/aromatic N) is 3. The minimum Gasteiger partial charge on any atom is -0.496 e. The summed E-state index contributed by atoms with van der Waals surface area (Å²) in [6, 6.07) is 13.7. The van der Waals surface area contributed by atoms with E-state index in [1.807, 2.05) is 30.3 Å². The molecular formula is C23H24N4O4S. The second-order valence-corrected chi connectivity index (χ2v) is 8.40. The SMILES string of the molecule is COc1cc([N+](=O)[O-])ccc1-c1ccc(C2C(c3ccccn3)NC(=S)N2CC(C)C)o1. The number of furan rings is 1. The molecule has 2 atom stereocenters. The molecule has 0 bridgehead atoms. The summed E-state index contributed by atoms with van der Waals surface area (Å²) in [4.78, 5) is 17.3. The van der Waals surface area contributed by atoms with Gasteiger partial charge in [0, 0.05) is 18.8 Å². The topological polar surface area (TPSA) is 93.7 Å². The number of nitro groups is 1. The molecule has 166 valence electrons. The van der Waals surface area contributed by atoms with Crippen molar-refractivity contribution in [3.8, 4) is 17.1 Å². The first-order chi connectivity index (χ1) is 15.4. The molecule has 32 heavy (non-hydrogen) atoms. The van der Waals surface area contributed by atoms with E-state index in [4.69, 9.17) is 21.4 Å². The van der Waals surface area contributed by atoms with E-state index >= 15 is 0 Å². The highest BCUT2D eigenvalue weighted by molar-refractivity contribution is 7.80. The van der Waals surface area contributed by atoms with Crippen LogP contribution in [0.5, 0.6) is 5.75 Å². The van der Waals surface area contributed by atoms with E-state index < -0.39 is 4.92 Å². The van der Waals surface area contributed by atoms with Gasteiger partial charge >= 0.3 is 0 Å². The Morgan fingerprint density at radius 1 is 1.28 bits per heavy atom. The number of nitrogens with one attached hydrogen (secondary N) is 1. The van der Waals surface area contributed by atoms with E-state index in [1.165, 1.54) is 19.2 Å². The van der Waals surface area contributed by atoms with Gasteiger partial charge in [-0.3, -0.25) is 15.1 Å². The average Bonchev–Trinajstić information content (AvgIpc) is 3.38. The lowest BCUT2D eigenvalue weighted by Crippen LogP contribution is -2.32. The summed E-state index contributed by atoms with van der Waals surface area (Å²) < 4.78 is 11.7. The minimum atomic E-state index is -0.452. The number of non-ortho nitro benzene ring substituents is 1. The van der Waals surface area contributed by atoms with Crippen LogP contribution in [-0.4, -0.2) is 33.6 Å². The standard InChI is InChI=1S/C23H24N4O4S/c1-14(2)13-26-22(21(25-23(26)32)17-6-4-5-11-24-17)19-10-9-18(31-19)16-8-7-15(27(28)29)12-20(16)30-3/h4-12,14,21-22H,13H2,1-3H3,(H,25,32). The maximum Gasteiger partial charge on any atom is 0.273 e. The van der Waals surface area contributed by atoms with Crippen LogP contribution in [-0.2, 0) is 0 Å². The van der Waals surface area contributed by atoms with E-state index in [-0.39, 0.29) is 17.8 Å². The van der Waals surface area contributed by atoms with E-state index in [1.54, 1.807) is 12.3 Å². The summed E-state index contributed by atoms with van der Waals surface area (Å²) in [6.07, 6.45) is 1.76. The first-order valence-corrected chi connectivity index (χ1v) is 10.7. The molecule has 3 heterocycles. The summed E-state index contributed by atoms with van der Waals surface area (Å²) in [5.41, 5.74) is 1.47. The first kappa shape index (κ1) is 21.8. The Morgan fingerprint density at radius 3 is 2.75 bits per heavy atom. The number of aromatic nitrogens is 1. The number of nitro benzene ring substituents is 1. The summed E-state index contributed by atoms with van der Waals surface area (Å²) in [5, 5.41) is 15.2. The van der Waals surface area contributed by atoms with Crippen molar-refractivity contribution < 1.29 is 14.1 Å². The van der Waals surface area contributed by atoms with Crippen molar-refractivity contribution in [2.45, 2.75) is 25.9 Å². The van der Waals surface area contributed by atoms with E-state index in [0.29, 0.717) is 28.1 Å². The third-order valence-electron chi connectivity index (χ3n) is 5.34. The number of hydrogen-bond acceptors (Lipinski definition) is 6. The number of rotatable bonds is 7. The fourth-order valence-corrected chi connectivity index (χ4v) is 4.27. The third-order valence-corrected chi connectivity index (χ3v) is 5.69. The van der Waals surface area contributed by atoms with Crippen molar-refractivity contribution >= 4 is 23.0 Å². The number of thiocarbonyl (C=S) groups is 1. The minimum absolute atomic E-state index is 0.0407. The Kier molecular flexibility index (Phi) is 6.09. The second-order valence-electron chi connectivity index (χ2n) is 8.02. The molecule has 1 aliphatic rings. The van der Waals surface area contributed by atoms with Crippen LogP contribution in [0.3, 0.4) is 0 Å². The van der Waals surface area contributed by atoms with Crippen LogP contribution in [0, 0.1) is 16.0 Å². The number of pyridine rings is 1. The Hall–Kier alpha value is -3.46. The molecular weight excluding hydrogens is 428 g/mol. The maximum absolute atomic E-state index is 11.1. The molecule has 1 aliphatic heterocycles. The molecule has 2 aromatic heterocycles. The van der Waals surface area contributed by atoms with Gasteiger partial charge in [0.05, 0.1) is 35.4 Å². The van der Waals surface area contributed by atoms with Crippen LogP contribution in [0.4, 0.5) is 5.69 Å². The van der Waals surface area contributed by atoms with Crippen molar-refractivity contribution in [2.75, 3.05) is 13.7 Å². The molecule has 1 aromatic carbocycles. The number of ether oxygens (including phenoxy) is 1. The normalized spacial score (nSPS) is 18.1. The van der Waals surface area contributed by atoms with Gasteiger partial charge in [0.15, 0.2) is 5.11 Å². The molecule has 1 fully saturated rings. The lowest BCUT2D eigenvalue weighted by molar-refractivity contribution is -0.384. The predicted molar refractivity (Wildman–Crippen MR) is 124 cm³/mol. The van der Waals surface area contributed by atoms with Crippen LogP contribution in [0.1, 0.15) is 37.4 Å². The quantitative estimate of drug-likeness (QED) is 0.308. The van der Waals surface area contributed by atoms with Gasteiger partial charge in [0.1, 0.15) is 23.3 Å². The Balaban J connectivity index is 1.74. The summed E-state index contributed by atoms with van der Waals surface area (Å²) >= 11 is 5.65. The van der Waals surface area contributed by atoms with E-state index in [9.17, 15) is 10.1 Å². The zero-order chi connectivity index (χ0) is 22.8. The lowest BCUT2D eigenvalue weighted by Gasteiger charge is -2.27. The third kappa shape index (κ3) is 4.16. The molecule has 1 saturated heterocycles. The smallest absolute Gasteiger partial charge is 0.273 e. The van der Waals surface area contributed by atoms with Crippen molar-refractivity contribution in [2.24, 2.45) is 5.92 Å². The molecule has 0 amide bonds. The molecule has 4 rings (SSSR count). The number of methoxy groups -OCH3 is 1. The Morgan fingerprint density at radius 2 is 2.09 bits per heavy atom. The van der Waals surface area contributed by atoms with Crippen LogP contribution < -0.4 is 10.1 Å². The van der Waals surface area contributed by atoms with Gasteiger partial charge < -0.3 is 19.4 Å². The van der Waals surface area contributed by atoms with Gasteiger partial charge in [-0.25, -0.2) is 0 Å². The molecule has 0 saturated carbocycles. The van der Waals surface area contributed by atoms with Crippen LogP contribution in [0.2, 0.25) is 0 Å². The van der Waals surface area contributed by atoms with Gasteiger partial charge in [-0.2, -0.15) is 0 Å². The largest absolute Gasteiger partial charge is 0.496 e. The highest BCUT2D eigenvalue weighted by atomic mass is 32.1. The van der Waals surface area contributed by atoms with E-state index in [0.717, 1.165) is 18.0 Å². The molecule has 2 unspecified atom stereocenters. The number of benzene rings is 1. The van der Waals surface area contributed by atoms with Gasteiger partial charge in [-0.05, 0) is 48.5 Å². The summed E-state index contributed by atoms with van der Waals surface area (Å²) in [5.74, 6) is 2.06. The van der Waals surface area contributed by atoms with Gasteiger partial charge in [0.2, 0.25) is 0 Å². The van der Waals surface area contributed by atoms with Gasteiger partial charge in [0.25, 0.3) is 5.69 Å². The fourth-order valence-electron chi connectivity index (χ4n) is 3.96. The van der Waals surface area contributed by atoms with Crippen LogP contribution in [0.15, 0.2) is 59.1 Å². The molecule has 0 spiro atoms. The highest BCUT2D eigenvalue weighted by Gasteiger charge is 2.41. The average molecular weight is 453 g/mol. The van der Waals surface area contributed by atoms with Gasteiger partial charge in [-0.15, -0.1) is 0 Å². The molecule has 0 aliphatic carbocycles. The Bertz CT molecular complexity index is 1130.